The van der Waals surface area contributed by atoms with Gasteiger partial charge in [0.2, 0.25) is 0 Å². The van der Waals surface area contributed by atoms with Gasteiger partial charge in [0.25, 0.3) is 5.91 Å². The predicted molar refractivity (Wildman–Crippen MR) is 88.4 cm³/mol. The summed E-state index contributed by atoms with van der Waals surface area (Å²) in [6.45, 7) is 5.06. The summed E-state index contributed by atoms with van der Waals surface area (Å²) in [6, 6.07) is 5.54. The van der Waals surface area contributed by atoms with Crippen LogP contribution in [-0.2, 0) is 16.0 Å². The average Bonchev–Trinajstić information content (AvgIpc) is 2.88. The van der Waals surface area contributed by atoms with Gasteiger partial charge in [-0.1, -0.05) is 18.1 Å². The van der Waals surface area contributed by atoms with Crippen molar-refractivity contribution in [2.24, 2.45) is 0 Å². The van der Waals surface area contributed by atoms with Gasteiger partial charge >= 0.3 is 5.97 Å². The van der Waals surface area contributed by atoms with Gasteiger partial charge in [0.15, 0.2) is 6.61 Å². The molecule has 122 valence electrons. The summed E-state index contributed by atoms with van der Waals surface area (Å²) in [4.78, 5) is 24.0. The first kappa shape index (κ1) is 17.2. The standard InChI is InChI=1S/C16H17BrN2O4/c1-4-12-15(10(3)23-19-12)16(21)22-8-14(20)18-13-6-5-9(2)7-11(13)17/h5-7H,4,8H2,1-3H3,(H,18,20). The van der Waals surface area contributed by atoms with E-state index in [9.17, 15) is 9.59 Å². The van der Waals surface area contributed by atoms with Gasteiger partial charge in [-0.15, -0.1) is 0 Å². The minimum Gasteiger partial charge on any atom is -0.452 e. The fraction of sp³-hybridized carbons (Fsp3) is 0.312. The van der Waals surface area contributed by atoms with E-state index in [0.717, 1.165) is 10.0 Å². The van der Waals surface area contributed by atoms with Gasteiger partial charge in [-0.2, -0.15) is 0 Å². The molecule has 0 saturated heterocycles. The fourth-order valence-corrected chi connectivity index (χ4v) is 2.62. The van der Waals surface area contributed by atoms with Crippen molar-refractivity contribution in [1.82, 2.24) is 5.16 Å². The van der Waals surface area contributed by atoms with Gasteiger partial charge in [0.05, 0.1) is 11.4 Å². The van der Waals surface area contributed by atoms with Gasteiger partial charge in [0, 0.05) is 4.47 Å². The Morgan fingerprint density at radius 1 is 1.35 bits per heavy atom. The van der Waals surface area contributed by atoms with Crippen molar-refractivity contribution in [2.75, 3.05) is 11.9 Å². The molecule has 1 heterocycles. The van der Waals surface area contributed by atoms with Crippen molar-refractivity contribution < 1.29 is 18.8 Å². The molecule has 0 fully saturated rings. The van der Waals surface area contributed by atoms with E-state index in [1.54, 1.807) is 13.0 Å². The molecule has 2 rings (SSSR count). The Morgan fingerprint density at radius 3 is 2.74 bits per heavy atom. The van der Waals surface area contributed by atoms with Crippen molar-refractivity contribution in [2.45, 2.75) is 27.2 Å². The minimum atomic E-state index is -0.612. The van der Waals surface area contributed by atoms with Gasteiger partial charge < -0.3 is 14.6 Å². The zero-order chi connectivity index (χ0) is 17.0. The SMILES string of the molecule is CCc1noc(C)c1C(=O)OCC(=O)Nc1ccc(C)cc1Br. The van der Waals surface area contributed by atoms with E-state index in [-0.39, 0.29) is 12.2 Å². The van der Waals surface area contributed by atoms with Crippen molar-refractivity contribution >= 4 is 33.5 Å². The number of ether oxygens (including phenoxy) is 1. The quantitative estimate of drug-likeness (QED) is 0.803. The van der Waals surface area contributed by atoms with E-state index in [1.807, 2.05) is 26.0 Å². The molecule has 0 saturated carbocycles. The Kier molecular flexibility index (Phi) is 5.54. The van der Waals surface area contributed by atoms with Crippen LogP contribution in [0.25, 0.3) is 0 Å². The van der Waals surface area contributed by atoms with Crippen LogP contribution < -0.4 is 5.32 Å². The predicted octanol–water partition coefficient (Wildman–Crippen LogP) is 3.41. The Balaban J connectivity index is 1.96. The number of carbonyl (C=O) groups excluding carboxylic acids is 2. The maximum Gasteiger partial charge on any atom is 0.344 e. The first-order chi connectivity index (χ1) is 10.9. The van der Waals surface area contributed by atoms with Crippen LogP contribution >= 0.6 is 15.9 Å². The van der Waals surface area contributed by atoms with Crippen LogP contribution in [0.2, 0.25) is 0 Å². The molecule has 0 aliphatic rings. The van der Waals surface area contributed by atoms with Gasteiger partial charge in [-0.25, -0.2) is 4.79 Å². The molecule has 1 aromatic heterocycles. The highest BCUT2D eigenvalue weighted by molar-refractivity contribution is 9.10. The van der Waals surface area contributed by atoms with Crippen molar-refractivity contribution in [3.05, 3.63) is 45.3 Å². The number of hydrogen-bond donors (Lipinski definition) is 1. The lowest BCUT2D eigenvalue weighted by Gasteiger charge is -2.09. The largest absolute Gasteiger partial charge is 0.452 e. The van der Waals surface area contributed by atoms with E-state index in [2.05, 4.69) is 26.4 Å². The van der Waals surface area contributed by atoms with E-state index in [0.29, 0.717) is 23.6 Å². The molecule has 0 aliphatic heterocycles. The van der Waals surface area contributed by atoms with Crippen molar-refractivity contribution in [3.8, 4) is 0 Å². The maximum absolute atomic E-state index is 12.1. The molecule has 0 radical (unpaired) electrons. The smallest absolute Gasteiger partial charge is 0.344 e. The lowest BCUT2D eigenvalue weighted by atomic mass is 10.1. The Labute approximate surface area is 142 Å². The number of amides is 1. The normalized spacial score (nSPS) is 10.4. The van der Waals surface area contributed by atoms with Crippen LogP contribution in [0.5, 0.6) is 0 Å². The second-order valence-corrected chi connectivity index (χ2v) is 5.88. The molecule has 23 heavy (non-hydrogen) atoms. The maximum atomic E-state index is 12.1. The summed E-state index contributed by atoms with van der Waals surface area (Å²) in [5, 5.41) is 6.47. The number of aryl methyl sites for hydroxylation is 3. The molecule has 1 N–H and O–H groups in total. The summed E-state index contributed by atoms with van der Waals surface area (Å²) in [5.41, 5.74) is 2.49. The number of anilines is 1. The molecule has 7 heteroatoms. The second-order valence-electron chi connectivity index (χ2n) is 5.02. The highest BCUT2D eigenvalue weighted by Gasteiger charge is 2.21. The summed E-state index contributed by atoms with van der Waals surface area (Å²) in [6.07, 6.45) is 0.546. The number of hydrogen-bond acceptors (Lipinski definition) is 5. The number of carbonyl (C=O) groups is 2. The summed E-state index contributed by atoms with van der Waals surface area (Å²) < 4.78 is 10.8. The zero-order valence-corrected chi connectivity index (χ0v) is 14.7. The number of benzene rings is 1. The summed E-state index contributed by atoms with van der Waals surface area (Å²) in [5.74, 6) is -0.651. The van der Waals surface area contributed by atoms with E-state index < -0.39 is 11.9 Å². The second kappa shape index (κ2) is 7.41. The van der Waals surface area contributed by atoms with Crippen LogP contribution in [0.1, 0.15) is 34.3 Å². The van der Waals surface area contributed by atoms with Crippen molar-refractivity contribution in [3.63, 3.8) is 0 Å². The van der Waals surface area contributed by atoms with Gasteiger partial charge in [0.1, 0.15) is 11.3 Å². The van der Waals surface area contributed by atoms with Crippen LogP contribution in [0.15, 0.2) is 27.2 Å². The molecule has 0 spiro atoms. The Morgan fingerprint density at radius 2 is 2.09 bits per heavy atom. The topological polar surface area (TPSA) is 81.4 Å². The van der Waals surface area contributed by atoms with Crippen LogP contribution in [0.4, 0.5) is 5.69 Å². The molecule has 2 aromatic rings. The van der Waals surface area contributed by atoms with E-state index >= 15 is 0 Å². The summed E-state index contributed by atoms with van der Waals surface area (Å²) >= 11 is 3.37. The molecular weight excluding hydrogens is 364 g/mol. The lowest BCUT2D eigenvalue weighted by Crippen LogP contribution is -2.21. The lowest BCUT2D eigenvalue weighted by molar-refractivity contribution is -0.119. The third kappa shape index (κ3) is 4.19. The average molecular weight is 381 g/mol. The molecule has 0 aliphatic carbocycles. The molecule has 1 aromatic carbocycles. The van der Waals surface area contributed by atoms with Crippen LogP contribution in [0.3, 0.4) is 0 Å². The Hall–Kier alpha value is -2.15. The van der Waals surface area contributed by atoms with Crippen molar-refractivity contribution in [1.29, 1.82) is 0 Å². The zero-order valence-electron chi connectivity index (χ0n) is 13.1. The minimum absolute atomic E-state index is 0.289. The van der Waals surface area contributed by atoms with E-state index in [1.165, 1.54) is 0 Å². The van der Waals surface area contributed by atoms with Crippen LogP contribution in [0, 0.1) is 13.8 Å². The van der Waals surface area contributed by atoms with E-state index in [4.69, 9.17) is 9.26 Å². The highest BCUT2D eigenvalue weighted by Crippen LogP contribution is 2.23. The molecule has 6 nitrogen and oxygen atoms in total. The molecule has 0 unspecified atom stereocenters. The number of rotatable bonds is 5. The first-order valence-corrected chi connectivity index (χ1v) is 7.90. The molecule has 0 atom stereocenters. The van der Waals surface area contributed by atoms with Gasteiger partial charge in [-0.3, -0.25) is 4.79 Å². The molecular formula is C16H17BrN2O4. The fourth-order valence-electron chi connectivity index (χ4n) is 2.03. The molecule has 1 amide bonds. The third-order valence-electron chi connectivity index (χ3n) is 3.21. The number of halogens is 1. The first-order valence-electron chi connectivity index (χ1n) is 7.10. The Bertz CT molecular complexity index is 740. The molecule has 0 bridgehead atoms. The van der Waals surface area contributed by atoms with Crippen LogP contribution in [-0.4, -0.2) is 23.6 Å². The third-order valence-corrected chi connectivity index (χ3v) is 3.86. The summed E-state index contributed by atoms with van der Waals surface area (Å²) in [7, 11) is 0. The monoisotopic (exact) mass is 380 g/mol. The number of nitrogens with zero attached hydrogens (tertiary/aromatic N) is 1. The number of aromatic nitrogens is 1. The number of nitrogens with one attached hydrogen (secondary N) is 1. The number of esters is 1. The highest BCUT2D eigenvalue weighted by atomic mass is 79.9. The van der Waals surface area contributed by atoms with Gasteiger partial charge in [-0.05, 0) is 53.9 Å².